The van der Waals surface area contributed by atoms with Crippen LogP contribution in [0.25, 0.3) is 11.3 Å². The zero-order valence-corrected chi connectivity index (χ0v) is 22.6. The highest BCUT2D eigenvalue weighted by atomic mass is 35.5. The zero-order chi connectivity index (χ0) is 26.6. The highest BCUT2D eigenvalue weighted by molar-refractivity contribution is 7.92. The lowest BCUT2D eigenvalue weighted by atomic mass is 10.2. The molecule has 190 valence electrons. The van der Waals surface area contributed by atoms with E-state index in [4.69, 9.17) is 50.8 Å². The minimum atomic E-state index is -4.13. The fraction of sp³-hybridized carbons (Fsp3) is 0.0400. The van der Waals surface area contributed by atoms with Crippen LogP contribution in [0.1, 0.15) is 5.76 Å². The number of hydrogen-bond acceptors (Lipinski definition) is 5. The van der Waals surface area contributed by atoms with E-state index in [-0.39, 0.29) is 10.6 Å². The fourth-order valence-electron chi connectivity index (χ4n) is 3.27. The van der Waals surface area contributed by atoms with Crippen molar-refractivity contribution < 1.29 is 17.6 Å². The zero-order valence-electron chi connectivity index (χ0n) is 18.7. The van der Waals surface area contributed by atoms with Crippen LogP contribution in [0.5, 0.6) is 0 Å². The smallest absolute Gasteiger partial charge is 0.264 e. The Bertz CT molecular complexity index is 1570. The first-order valence-electron chi connectivity index (χ1n) is 10.5. The summed E-state index contributed by atoms with van der Waals surface area (Å²) < 4.78 is 33.3. The van der Waals surface area contributed by atoms with E-state index in [1.807, 2.05) is 0 Å². The molecule has 4 rings (SSSR count). The van der Waals surface area contributed by atoms with Crippen LogP contribution in [0.4, 0.5) is 5.69 Å². The number of sulfonamides is 1. The maximum Gasteiger partial charge on any atom is 0.264 e. The molecule has 1 aromatic heterocycles. The lowest BCUT2D eigenvalue weighted by Crippen LogP contribution is -2.39. The number of carbonyl (C=O) groups excluding carboxylic acids is 1. The Morgan fingerprint density at radius 2 is 1.59 bits per heavy atom. The molecule has 1 N–H and O–H groups in total. The van der Waals surface area contributed by atoms with E-state index in [0.29, 0.717) is 37.2 Å². The van der Waals surface area contributed by atoms with Gasteiger partial charge >= 0.3 is 0 Å². The van der Waals surface area contributed by atoms with Crippen molar-refractivity contribution in [2.75, 3.05) is 10.8 Å². The molecule has 0 saturated heterocycles. The number of carbonyl (C=O) groups is 1. The number of furan rings is 1. The largest absolute Gasteiger partial charge is 0.455 e. The van der Waals surface area contributed by atoms with Crippen molar-refractivity contribution in [2.24, 2.45) is 5.10 Å². The first kappa shape index (κ1) is 27.0. The normalized spacial score (nSPS) is 11.6. The fourth-order valence-corrected chi connectivity index (χ4v) is 5.50. The van der Waals surface area contributed by atoms with Gasteiger partial charge in [-0.1, -0.05) is 52.5 Å². The quantitative estimate of drug-likeness (QED) is 0.177. The second-order valence-corrected chi connectivity index (χ2v) is 11.1. The van der Waals surface area contributed by atoms with Gasteiger partial charge in [0.25, 0.3) is 15.9 Å². The summed E-state index contributed by atoms with van der Waals surface area (Å²) in [5.74, 6) is 0.124. The van der Waals surface area contributed by atoms with Crippen molar-refractivity contribution in [3.05, 3.63) is 105 Å². The standard InChI is InChI=1S/C25H17Cl4N3O4S/c26-16-4-8-21(9-5-16)37(34,35)32(19-3-1-2-17(27)12-19)15-25(33)31-30-14-20-7-11-24(36-20)22-10-6-18(28)13-23(22)29/h1-14H,15H2,(H,31,33)/b30-14-. The molecule has 3 aromatic carbocycles. The van der Waals surface area contributed by atoms with Gasteiger partial charge in [0.1, 0.15) is 18.1 Å². The molecule has 0 radical (unpaired) electrons. The molecule has 0 aliphatic rings. The number of rotatable bonds is 8. The molecule has 0 fully saturated rings. The van der Waals surface area contributed by atoms with Crippen molar-refractivity contribution in [1.82, 2.24) is 5.43 Å². The second kappa shape index (κ2) is 11.6. The summed E-state index contributed by atoms with van der Waals surface area (Å²) in [5, 5.41) is 5.47. The molecule has 0 atom stereocenters. The van der Waals surface area contributed by atoms with E-state index in [1.54, 1.807) is 42.5 Å². The number of hydrazone groups is 1. The second-order valence-electron chi connectivity index (χ2n) is 7.56. The molecule has 4 aromatic rings. The van der Waals surface area contributed by atoms with Gasteiger partial charge in [0.05, 0.1) is 21.8 Å². The summed E-state index contributed by atoms with van der Waals surface area (Å²) in [6.45, 7) is -0.563. The number of benzene rings is 3. The number of amides is 1. The summed E-state index contributed by atoms with van der Waals surface area (Å²) in [7, 11) is -4.13. The van der Waals surface area contributed by atoms with E-state index < -0.39 is 22.5 Å². The van der Waals surface area contributed by atoms with Gasteiger partial charge in [-0.25, -0.2) is 13.8 Å². The number of anilines is 1. The SMILES string of the molecule is O=C(CN(c1cccc(Cl)c1)S(=O)(=O)c1ccc(Cl)cc1)N/N=C\c1ccc(-c2ccc(Cl)cc2Cl)o1. The molecule has 12 heteroatoms. The van der Waals surface area contributed by atoms with Gasteiger partial charge in [-0.15, -0.1) is 0 Å². The van der Waals surface area contributed by atoms with Crippen LogP contribution in [-0.4, -0.2) is 27.1 Å². The molecule has 7 nitrogen and oxygen atoms in total. The van der Waals surface area contributed by atoms with Gasteiger partial charge < -0.3 is 4.42 Å². The van der Waals surface area contributed by atoms with E-state index in [0.717, 1.165) is 4.31 Å². The highest BCUT2D eigenvalue weighted by Gasteiger charge is 2.27. The van der Waals surface area contributed by atoms with Gasteiger partial charge in [0, 0.05) is 20.6 Å². The van der Waals surface area contributed by atoms with Crippen LogP contribution >= 0.6 is 46.4 Å². The minimum absolute atomic E-state index is 0.0443. The summed E-state index contributed by atoms with van der Waals surface area (Å²) in [5.41, 5.74) is 3.16. The lowest BCUT2D eigenvalue weighted by Gasteiger charge is -2.23. The van der Waals surface area contributed by atoms with E-state index in [1.165, 1.54) is 42.6 Å². The van der Waals surface area contributed by atoms with Crippen LogP contribution in [0.15, 0.2) is 93.3 Å². The molecule has 0 bridgehead atoms. The number of halogens is 4. The van der Waals surface area contributed by atoms with Crippen molar-refractivity contribution in [2.45, 2.75) is 4.90 Å². The van der Waals surface area contributed by atoms with Crippen LogP contribution in [0, 0.1) is 0 Å². The number of hydrogen-bond donors (Lipinski definition) is 1. The topological polar surface area (TPSA) is 92.0 Å². The third-order valence-electron chi connectivity index (χ3n) is 4.99. The molecule has 37 heavy (non-hydrogen) atoms. The summed E-state index contributed by atoms with van der Waals surface area (Å²) in [6.07, 6.45) is 1.28. The monoisotopic (exact) mass is 595 g/mol. The molecular weight excluding hydrogens is 580 g/mol. The third kappa shape index (κ3) is 6.66. The predicted octanol–water partition coefficient (Wildman–Crippen LogP) is 6.91. The van der Waals surface area contributed by atoms with Crippen LogP contribution in [0.2, 0.25) is 20.1 Å². The Labute approximate surface area is 233 Å². The Morgan fingerprint density at radius 1 is 0.892 bits per heavy atom. The van der Waals surface area contributed by atoms with E-state index >= 15 is 0 Å². The summed E-state index contributed by atoms with van der Waals surface area (Å²) >= 11 is 24.1. The van der Waals surface area contributed by atoms with Crippen molar-refractivity contribution in [3.8, 4) is 11.3 Å². The van der Waals surface area contributed by atoms with Gasteiger partial charge in [-0.2, -0.15) is 5.10 Å². The Kier molecular flexibility index (Phi) is 8.46. The van der Waals surface area contributed by atoms with Gasteiger partial charge in [0.2, 0.25) is 0 Å². The van der Waals surface area contributed by atoms with Gasteiger partial charge in [-0.05, 0) is 72.8 Å². The van der Waals surface area contributed by atoms with Crippen molar-refractivity contribution in [1.29, 1.82) is 0 Å². The van der Waals surface area contributed by atoms with Crippen LogP contribution in [-0.2, 0) is 14.8 Å². The molecule has 0 aliphatic heterocycles. The van der Waals surface area contributed by atoms with Gasteiger partial charge in [0.15, 0.2) is 0 Å². The molecular formula is C25H17Cl4N3O4S. The predicted molar refractivity (Wildman–Crippen MR) is 147 cm³/mol. The van der Waals surface area contributed by atoms with Crippen LogP contribution in [0.3, 0.4) is 0 Å². The summed E-state index contributed by atoms with van der Waals surface area (Å²) in [4.78, 5) is 12.6. The molecule has 1 amide bonds. The third-order valence-corrected chi connectivity index (χ3v) is 7.81. The lowest BCUT2D eigenvalue weighted by molar-refractivity contribution is -0.119. The minimum Gasteiger partial charge on any atom is -0.455 e. The number of nitrogens with one attached hydrogen (secondary N) is 1. The Balaban J connectivity index is 1.50. The molecule has 0 spiro atoms. The van der Waals surface area contributed by atoms with E-state index in [2.05, 4.69) is 10.5 Å². The first-order chi connectivity index (χ1) is 17.6. The summed E-state index contributed by atoms with van der Waals surface area (Å²) in [6, 6.07) is 20.1. The molecule has 1 heterocycles. The average Bonchev–Trinajstić information content (AvgIpc) is 3.31. The van der Waals surface area contributed by atoms with Crippen molar-refractivity contribution >= 4 is 74.2 Å². The van der Waals surface area contributed by atoms with Crippen molar-refractivity contribution in [3.63, 3.8) is 0 Å². The van der Waals surface area contributed by atoms with Crippen LogP contribution < -0.4 is 9.73 Å². The highest BCUT2D eigenvalue weighted by Crippen LogP contribution is 2.31. The first-order valence-corrected chi connectivity index (χ1v) is 13.5. The Hall–Kier alpha value is -3.01. The average molecular weight is 597 g/mol. The molecule has 0 saturated carbocycles. The molecule has 0 aliphatic carbocycles. The Morgan fingerprint density at radius 3 is 2.30 bits per heavy atom. The maximum atomic E-state index is 13.4. The van der Waals surface area contributed by atoms with E-state index in [9.17, 15) is 13.2 Å². The molecule has 0 unspecified atom stereocenters. The maximum absolute atomic E-state index is 13.4. The number of nitrogens with zero attached hydrogens (tertiary/aromatic N) is 2. The van der Waals surface area contributed by atoms with Gasteiger partial charge in [-0.3, -0.25) is 9.10 Å².